The van der Waals surface area contributed by atoms with Crippen molar-refractivity contribution in [1.82, 2.24) is 48.7 Å². The smallest absolute Gasteiger partial charge is 0.0628 e. The molecule has 345 valence electrons. The second kappa shape index (κ2) is 25.2. The molecule has 8 atom stereocenters. The molecule has 5 saturated heterocycles. The Kier molecular flexibility index (Phi) is 22.6. The maximum Gasteiger partial charge on any atom is 0.0628 e. The Bertz CT molecular complexity index is 1270. The molecule has 0 aromatic carbocycles. The van der Waals surface area contributed by atoms with Gasteiger partial charge in [0.15, 0.2) is 0 Å². The van der Waals surface area contributed by atoms with Gasteiger partial charge >= 0.3 is 0 Å². The molecule has 8 bridgehead atoms. The van der Waals surface area contributed by atoms with E-state index < -0.39 is 43.9 Å². The van der Waals surface area contributed by atoms with Crippen molar-refractivity contribution < 1.29 is 68.7 Å². The summed E-state index contributed by atoms with van der Waals surface area (Å²) < 4.78 is 96.3. The van der Waals surface area contributed by atoms with Gasteiger partial charge in [0.1, 0.15) is 0 Å². The molecule has 0 aromatic rings. The maximum absolute atomic E-state index is 8.56. The van der Waals surface area contributed by atoms with E-state index in [2.05, 4.69) is 42.5 Å². The third-order valence-corrected chi connectivity index (χ3v) is 13.8. The van der Waals surface area contributed by atoms with E-state index in [4.69, 9.17) is 51.9 Å². The Morgan fingerprint density at radius 1 is 0.276 bits per heavy atom. The van der Waals surface area contributed by atoms with Crippen LogP contribution in [0.3, 0.4) is 0 Å². The summed E-state index contributed by atoms with van der Waals surface area (Å²) in [5.74, 6) is 5.97. The molecule has 4 saturated carbocycles. The fraction of sp³-hybridized carbons (Fsp3) is 1.00. The van der Waals surface area contributed by atoms with Gasteiger partial charge < -0.3 is 58.0 Å². The first-order valence-electron chi connectivity index (χ1n) is 19.9. The number of fused-ring (bicyclic) bond motifs is 20. The Hall–Kier alpha value is -0.214. The van der Waals surface area contributed by atoms with E-state index in [-0.39, 0.29) is 22.9 Å². The molecule has 0 aromatic heterocycles. The molecule has 4 aliphatic carbocycles. The Morgan fingerprint density at radius 2 is 0.362 bits per heavy atom. The summed E-state index contributed by atoms with van der Waals surface area (Å²) in [6.07, 6.45) is 25.6. The van der Waals surface area contributed by atoms with E-state index in [0.717, 1.165) is 47.3 Å². The van der Waals surface area contributed by atoms with Crippen LogP contribution in [0.25, 0.3) is 0 Å². The van der Waals surface area contributed by atoms with Crippen LogP contribution < -0.4 is 48.7 Å². The van der Waals surface area contributed by atoms with Crippen LogP contribution in [-0.4, -0.2) is 67.5 Å². The fourth-order valence-electron chi connectivity index (χ4n) is 12.0. The van der Waals surface area contributed by atoms with Gasteiger partial charge in [-0.2, -0.15) is 0 Å². The molecular weight excluding hydrogens is 890 g/mol. The average molecular weight is 953 g/mol. The minimum absolute atomic E-state index is 0. The van der Waals surface area contributed by atoms with E-state index in [0.29, 0.717) is 49.3 Å². The van der Waals surface area contributed by atoms with Gasteiger partial charge in [-0.05, 0) is 98.7 Å². The van der Waals surface area contributed by atoms with Crippen molar-refractivity contribution in [3.63, 3.8) is 0 Å². The van der Waals surface area contributed by atoms with E-state index in [1.807, 2.05) is 0 Å². The predicted molar refractivity (Wildman–Crippen MR) is 208 cm³/mol. The van der Waals surface area contributed by atoms with Crippen molar-refractivity contribution in [2.75, 3.05) is 0 Å². The summed E-state index contributed by atoms with van der Waals surface area (Å²) in [7, 11) is -11.4. The molecule has 0 spiro atoms. The van der Waals surface area contributed by atoms with Crippen LogP contribution in [0.1, 0.15) is 103 Å². The third-order valence-electron chi connectivity index (χ3n) is 13.8. The number of rotatable bonds is 0. The van der Waals surface area contributed by atoms with E-state index >= 15 is 0 Å². The van der Waals surface area contributed by atoms with Crippen molar-refractivity contribution in [3.05, 3.63) is 0 Å². The molecule has 5 aliphatic heterocycles. The van der Waals surface area contributed by atoms with Crippen LogP contribution in [0.4, 0.5) is 0 Å². The number of hydrogen-bond acceptors (Lipinski definition) is 21. The molecule has 5 heterocycles. The van der Waals surface area contributed by atoms with Gasteiger partial charge in [0, 0.05) is 60.7 Å². The van der Waals surface area contributed by atoms with E-state index in [1.165, 1.54) is 103 Å². The van der Waals surface area contributed by atoms with Gasteiger partial charge in [-0.1, -0.05) is 51.4 Å². The summed E-state index contributed by atoms with van der Waals surface area (Å²) in [4.78, 5) is 0. The molecule has 1 radical (unpaired) electrons. The number of nitrogens with one attached hydrogen (secondary N) is 8. The first kappa shape index (κ1) is 52.1. The van der Waals surface area contributed by atoms with Gasteiger partial charge in [0.2, 0.25) is 0 Å². The molecule has 15 N–H and O–H groups in total. The summed E-state index contributed by atoms with van der Waals surface area (Å²) >= 11 is 0. The quantitative estimate of drug-likeness (QED) is 0.0936. The largest absolute Gasteiger partial charge is 0.439 e. The normalized spacial score (nSPS) is 42.1. The fourth-order valence-corrected chi connectivity index (χ4v) is 12.0. The zero-order valence-corrected chi connectivity index (χ0v) is 36.6. The Labute approximate surface area is 359 Å². The summed E-state index contributed by atoms with van der Waals surface area (Å²) in [5.41, 5.74) is 0. The van der Waals surface area contributed by atoms with Gasteiger partial charge in [-0.3, -0.25) is 42.5 Å². The first-order valence-corrected chi connectivity index (χ1v) is 24.1. The zero-order chi connectivity index (χ0) is 40.5. The van der Waals surface area contributed by atoms with Gasteiger partial charge in [0.25, 0.3) is 0 Å². The monoisotopic (exact) mass is 952 g/mol. The van der Waals surface area contributed by atoms with Crippen molar-refractivity contribution in [3.8, 4) is 0 Å². The third kappa shape index (κ3) is 14.4. The van der Waals surface area contributed by atoms with Gasteiger partial charge in [-0.15, -0.1) is 0 Å². The van der Waals surface area contributed by atoms with Crippen LogP contribution in [0.5, 0.6) is 0 Å². The van der Waals surface area contributed by atoms with Crippen molar-refractivity contribution in [1.29, 1.82) is 0 Å². The first-order chi connectivity index (χ1) is 26.7. The Morgan fingerprint density at radius 3 is 0.448 bits per heavy atom. The van der Waals surface area contributed by atoms with Crippen LogP contribution in [0, 0.1) is 47.3 Å². The molecule has 0 amide bonds. The molecule has 9 aliphatic rings. The molecular formula is C32H63CoN9O12S4-4. The topological polar surface area (TPSA) is 349 Å². The number of hydrogen-bond donors (Lipinski definition) is 13. The summed E-state index contributed by atoms with van der Waals surface area (Å²) in [5, 5.41) is 33.8. The SMILES string of the molecule is C1CCC2C3NC(NC4NC(NC5NC(NC6NC(N3)C3CCCCC63)C3CCCCC53)C3CCCCC43)C2C1.N.O=[S-](=O)O.O=[S-](=O)O.O=[S-](=O)O.O=[S-](=O)O.[Co]. The van der Waals surface area contributed by atoms with Crippen molar-refractivity contribution >= 4 is 43.9 Å². The molecule has 26 heteroatoms. The summed E-state index contributed by atoms with van der Waals surface area (Å²) in [6, 6.07) is 0. The standard InChI is InChI=1S/C32H56N8.Co.H3N.4HO3S/c1-2-10-18-17(9-1)25-33-26(18)38-28-21-13-5-6-14-22(21)30(35-28)40-32-24-16-8-7-15-23(24)31(36-32)39-29-20-12-4-3-11-19(20)27(34-29)37-25;;;4*1-4(2)3/h17-40H,1-16H2;;1H3;4*(H,1,2,3)/q;;;4*-1. The van der Waals surface area contributed by atoms with Gasteiger partial charge in [-0.25, -0.2) is 0 Å². The molecule has 8 unspecified atom stereocenters. The predicted octanol–water partition coefficient (Wildman–Crippen LogP) is 1.84. The second-order valence-electron chi connectivity index (χ2n) is 16.5. The average Bonchev–Trinajstić information content (AvgIpc) is 3.87. The van der Waals surface area contributed by atoms with Crippen molar-refractivity contribution in [2.24, 2.45) is 47.3 Å². The summed E-state index contributed by atoms with van der Waals surface area (Å²) in [6.45, 7) is 0. The minimum atomic E-state index is -2.86. The Balaban J connectivity index is 0.000000433. The molecule has 21 nitrogen and oxygen atoms in total. The van der Waals surface area contributed by atoms with E-state index in [1.54, 1.807) is 0 Å². The molecule has 58 heavy (non-hydrogen) atoms. The van der Waals surface area contributed by atoms with Crippen LogP contribution in [0.15, 0.2) is 0 Å². The van der Waals surface area contributed by atoms with E-state index in [9.17, 15) is 0 Å². The van der Waals surface area contributed by atoms with Gasteiger partial charge in [0.05, 0.1) is 49.3 Å². The van der Waals surface area contributed by atoms with Crippen molar-refractivity contribution in [2.45, 2.75) is 152 Å². The van der Waals surface area contributed by atoms with Crippen LogP contribution in [-0.2, 0) is 94.4 Å². The molecule has 9 fully saturated rings. The molecule has 9 rings (SSSR count). The maximum atomic E-state index is 8.56. The zero-order valence-electron chi connectivity index (χ0n) is 32.3. The van der Waals surface area contributed by atoms with Crippen LogP contribution in [0.2, 0.25) is 0 Å². The second-order valence-corrected chi connectivity index (χ2v) is 18.2. The minimum Gasteiger partial charge on any atom is -0.439 e. The van der Waals surface area contributed by atoms with Crippen LogP contribution >= 0.6 is 0 Å².